The predicted molar refractivity (Wildman–Crippen MR) is 99.2 cm³/mol. The van der Waals surface area contributed by atoms with Crippen LogP contribution in [0, 0.1) is 0 Å². The van der Waals surface area contributed by atoms with Crippen molar-refractivity contribution < 1.29 is 0 Å². The van der Waals surface area contributed by atoms with Gasteiger partial charge in [-0.25, -0.2) is 9.97 Å². The number of aromatic nitrogens is 2. The van der Waals surface area contributed by atoms with Crippen molar-refractivity contribution in [2.75, 3.05) is 20.1 Å². The van der Waals surface area contributed by atoms with E-state index in [4.69, 9.17) is 0 Å². The summed E-state index contributed by atoms with van der Waals surface area (Å²) in [6.07, 6.45) is 4.19. The minimum atomic E-state index is 0.671. The van der Waals surface area contributed by atoms with Crippen LogP contribution in [0.25, 0.3) is 20.7 Å². The van der Waals surface area contributed by atoms with E-state index in [1.807, 2.05) is 11.8 Å². The topological polar surface area (TPSA) is 29.0 Å². The van der Waals surface area contributed by atoms with E-state index in [1.54, 1.807) is 17.7 Å². The molecular formula is C18H19N3S2. The van der Waals surface area contributed by atoms with Gasteiger partial charge in [0.25, 0.3) is 0 Å². The monoisotopic (exact) mass is 341 g/mol. The van der Waals surface area contributed by atoms with Crippen molar-refractivity contribution in [1.29, 1.82) is 0 Å². The summed E-state index contributed by atoms with van der Waals surface area (Å²) < 4.78 is 0. The van der Waals surface area contributed by atoms with Gasteiger partial charge >= 0.3 is 0 Å². The normalized spacial score (nSPS) is 16.9. The van der Waals surface area contributed by atoms with Crippen LogP contribution in [0.5, 0.6) is 0 Å². The Morgan fingerprint density at radius 2 is 1.91 bits per heavy atom. The largest absolute Gasteiger partial charge is 0.306 e. The van der Waals surface area contributed by atoms with E-state index in [9.17, 15) is 0 Å². The molecule has 2 aromatic heterocycles. The Bertz CT molecular complexity index is 792. The SMILES string of the molecule is CN1CCC(Sc2ncnc3sc(-c4ccccc4)cc23)CC1. The second-order valence-corrected chi connectivity index (χ2v) is 8.31. The van der Waals surface area contributed by atoms with Crippen molar-refractivity contribution in [2.24, 2.45) is 0 Å². The molecule has 118 valence electrons. The van der Waals surface area contributed by atoms with Crippen LogP contribution in [0.4, 0.5) is 0 Å². The van der Waals surface area contributed by atoms with Crippen LogP contribution in [0.15, 0.2) is 47.8 Å². The lowest BCUT2D eigenvalue weighted by molar-refractivity contribution is 0.282. The molecular weight excluding hydrogens is 322 g/mol. The molecule has 0 amide bonds. The molecule has 0 bridgehead atoms. The van der Waals surface area contributed by atoms with E-state index >= 15 is 0 Å². The molecule has 3 aromatic rings. The first-order chi connectivity index (χ1) is 11.3. The van der Waals surface area contributed by atoms with Gasteiger partial charge in [-0.3, -0.25) is 0 Å². The van der Waals surface area contributed by atoms with Gasteiger partial charge in [0.2, 0.25) is 0 Å². The summed E-state index contributed by atoms with van der Waals surface area (Å²) in [5.41, 5.74) is 1.26. The number of benzene rings is 1. The Hall–Kier alpha value is -1.43. The van der Waals surface area contributed by atoms with Gasteiger partial charge in [-0.15, -0.1) is 23.1 Å². The van der Waals surface area contributed by atoms with Gasteiger partial charge in [0.05, 0.1) is 0 Å². The van der Waals surface area contributed by atoms with Gasteiger partial charge in [0.15, 0.2) is 0 Å². The zero-order valence-corrected chi connectivity index (χ0v) is 14.7. The summed E-state index contributed by atoms with van der Waals surface area (Å²) in [5.74, 6) is 0. The molecule has 0 radical (unpaired) electrons. The summed E-state index contributed by atoms with van der Waals surface area (Å²) in [7, 11) is 2.20. The number of rotatable bonds is 3. The average Bonchev–Trinajstić information content (AvgIpc) is 3.03. The van der Waals surface area contributed by atoms with E-state index in [2.05, 4.69) is 58.3 Å². The number of fused-ring (bicyclic) bond motifs is 1. The number of nitrogens with zero attached hydrogens (tertiary/aromatic N) is 3. The van der Waals surface area contributed by atoms with Crippen LogP contribution in [-0.2, 0) is 0 Å². The van der Waals surface area contributed by atoms with Crippen LogP contribution in [0.1, 0.15) is 12.8 Å². The van der Waals surface area contributed by atoms with Crippen LogP contribution < -0.4 is 0 Å². The smallest absolute Gasteiger partial charge is 0.128 e. The van der Waals surface area contributed by atoms with E-state index < -0.39 is 0 Å². The third-order valence-corrected chi connectivity index (χ3v) is 6.74. The fourth-order valence-corrected chi connectivity index (χ4v) is 5.15. The van der Waals surface area contributed by atoms with Crippen LogP contribution >= 0.6 is 23.1 Å². The van der Waals surface area contributed by atoms with Crippen molar-refractivity contribution in [1.82, 2.24) is 14.9 Å². The first kappa shape index (κ1) is 15.1. The van der Waals surface area contributed by atoms with Gasteiger partial charge in [0.1, 0.15) is 16.2 Å². The Morgan fingerprint density at radius 3 is 2.70 bits per heavy atom. The zero-order chi connectivity index (χ0) is 15.6. The van der Waals surface area contributed by atoms with Crippen molar-refractivity contribution in [3.63, 3.8) is 0 Å². The lowest BCUT2D eigenvalue weighted by atomic mass is 10.1. The molecule has 0 unspecified atom stereocenters. The Labute approximate surface area is 144 Å². The van der Waals surface area contributed by atoms with Crippen molar-refractivity contribution in [3.8, 4) is 10.4 Å². The number of thiophene rings is 1. The molecule has 0 saturated carbocycles. The van der Waals surface area contributed by atoms with E-state index in [0.29, 0.717) is 5.25 Å². The molecule has 5 heteroatoms. The highest BCUT2D eigenvalue weighted by atomic mass is 32.2. The molecule has 1 aromatic carbocycles. The molecule has 1 fully saturated rings. The number of likely N-dealkylation sites (tertiary alicyclic amines) is 1. The molecule has 3 heterocycles. The summed E-state index contributed by atoms with van der Waals surface area (Å²) in [4.78, 5) is 13.8. The lowest BCUT2D eigenvalue weighted by Crippen LogP contribution is -2.31. The maximum Gasteiger partial charge on any atom is 0.128 e. The standard InChI is InChI=1S/C18H19N3S2/c1-21-9-7-14(8-10-21)22-17-15-11-16(13-5-3-2-4-6-13)23-18(15)20-12-19-17/h2-6,11-12,14H,7-10H2,1H3. The second-order valence-electron chi connectivity index (χ2n) is 5.99. The number of piperidine rings is 1. The fourth-order valence-electron chi connectivity index (χ4n) is 2.93. The Balaban J connectivity index is 1.64. The first-order valence-electron chi connectivity index (χ1n) is 7.95. The molecule has 0 atom stereocenters. The van der Waals surface area contributed by atoms with Crippen molar-refractivity contribution in [2.45, 2.75) is 23.1 Å². The van der Waals surface area contributed by atoms with Crippen LogP contribution in [0.2, 0.25) is 0 Å². The van der Waals surface area contributed by atoms with Crippen LogP contribution in [-0.4, -0.2) is 40.3 Å². The molecule has 0 spiro atoms. The number of hydrogen-bond acceptors (Lipinski definition) is 5. The molecule has 1 saturated heterocycles. The van der Waals surface area contributed by atoms with Gasteiger partial charge in [-0.05, 0) is 44.6 Å². The van der Waals surface area contributed by atoms with Crippen molar-refractivity contribution in [3.05, 3.63) is 42.7 Å². The fraction of sp³-hybridized carbons (Fsp3) is 0.333. The van der Waals surface area contributed by atoms with Gasteiger partial charge < -0.3 is 4.90 Å². The first-order valence-corrected chi connectivity index (χ1v) is 9.64. The molecule has 4 rings (SSSR count). The molecule has 0 N–H and O–H groups in total. The molecule has 23 heavy (non-hydrogen) atoms. The zero-order valence-electron chi connectivity index (χ0n) is 13.1. The van der Waals surface area contributed by atoms with E-state index in [0.717, 1.165) is 9.86 Å². The third-order valence-electron chi connectivity index (χ3n) is 4.30. The average molecular weight is 342 g/mol. The molecule has 3 nitrogen and oxygen atoms in total. The van der Waals surface area contributed by atoms with E-state index in [-0.39, 0.29) is 0 Å². The van der Waals surface area contributed by atoms with Gasteiger partial charge in [-0.1, -0.05) is 30.3 Å². The predicted octanol–water partition coefficient (Wildman–Crippen LogP) is 4.54. The minimum Gasteiger partial charge on any atom is -0.306 e. The number of hydrogen-bond donors (Lipinski definition) is 0. The highest BCUT2D eigenvalue weighted by Gasteiger charge is 2.20. The second kappa shape index (κ2) is 6.59. The molecule has 1 aliphatic heterocycles. The Morgan fingerprint density at radius 1 is 1.13 bits per heavy atom. The highest BCUT2D eigenvalue weighted by Crippen LogP contribution is 2.38. The summed E-state index contributed by atoms with van der Waals surface area (Å²) in [5, 5.41) is 3.02. The number of thioether (sulfide) groups is 1. The Kier molecular flexibility index (Phi) is 4.33. The summed E-state index contributed by atoms with van der Waals surface area (Å²) in [6, 6.07) is 12.8. The molecule has 0 aliphatic carbocycles. The van der Waals surface area contributed by atoms with Gasteiger partial charge in [-0.2, -0.15) is 0 Å². The maximum absolute atomic E-state index is 4.57. The van der Waals surface area contributed by atoms with E-state index in [1.165, 1.54) is 41.8 Å². The highest BCUT2D eigenvalue weighted by molar-refractivity contribution is 8.00. The summed E-state index contributed by atoms with van der Waals surface area (Å²) in [6.45, 7) is 2.37. The minimum absolute atomic E-state index is 0.671. The summed E-state index contributed by atoms with van der Waals surface area (Å²) >= 11 is 3.69. The third kappa shape index (κ3) is 3.27. The lowest BCUT2D eigenvalue weighted by Gasteiger charge is -2.28. The maximum atomic E-state index is 4.57. The van der Waals surface area contributed by atoms with Gasteiger partial charge in [0, 0.05) is 15.5 Å². The quantitative estimate of drug-likeness (QED) is 0.654. The van der Waals surface area contributed by atoms with Crippen molar-refractivity contribution >= 4 is 33.3 Å². The molecule has 1 aliphatic rings. The van der Waals surface area contributed by atoms with Crippen LogP contribution in [0.3, 0.4) is 0 Å².